The Labute approximate surface area is 159 Å². The molecule has 2 aliphatic rings. The molecule has 1 saturated heterocycles. The van der Waals surface area contributed by atoms with Gasteiger partial charge in [0.15, 0.2) is 0 Å². The molecule has 1 unspecified atom stereocenters. The molecule has 1 atom stereocenters. The number of nitrogens with one attached hydrogen (secondary N) is 2. The van der Waals surface area contributed by atoms with Gasteiger partial charge in [-0.15, -0.1) is 12.4 Å². The number of likely N-dealkylation sites (tertiary alicyclic amines) is 1. The van der Waals surface area contributed by atoms with Gasteiger partial charge in [0.1, 0.15) is 0 Å². The Morgan fingerprint density at radius 1 is 1.08 bits per heavy atom. The number of halogens is 1. The van der Waals surface area contributed by atoms with Gasteiger partial charge >= 0.3 is 0 Å². The topological polar surface area (TPSA) is 61.4 Å². The zero-order chi connectivity index (χ0) is 17.4. The second-order valence-corrected chi connectivity index (χ2v) is 7.67. The molecular weight excluding hydrogens is 338 g/mol. The van der Waals surface area contributed by atoms with E-state index in [1.54, 1.807) is 0 Å². The van der Waals surface area contributed by atoms with Crippen LogP contribution in [0.4, 0.5) is 0 Å². The van der Waals surface area contributed by atoms with Crippen molar-refractivity contribution in [2.24, 2.45) is 11.8 Å². The van der Waals surface area contributed by atoms with Crippen LogP contribution in [-0.2, 0) is 9.59 Å². The van der Waals surface area contributed by atoms with E-state index >= 15 is 0 Å². The lowest BCUT2D eigenvalue weighted by Crippen LogP contribution is -2.44. The van der Waals surface area contributed by atoms with Crippen molar-refractivity contribution in [1.82, 2.24) is 15.5 Å². The first-order chi connectivity index (χ1) is 11.6. The first-order valence-corrected chi connectivity index (χ1v) is 9.83. The molecule has 2 N–H and O–H groups in total. The van der Waals surface area contributed by atoms with E-state index in [1.165, 1.54) is 12.8 Å². The minimum Gasteiger partial charge on any atom is -0.353 e. The zero-order valence-electron chi connectivity index (χ0n) is 15.9. The fourth-order valence-corrected chi connectivity index (χ4v) is 3.99. The Balaban J connectivity index is 0.00000312. The molecule has 1 aliphatic heterocycles. The van der Waals surface area contributed by atoms with Crippen LogP contribution >= 0.6 is 12.4 Å². The lowest BCUT2D eigenvalue weighted by molar-refractivity contribution is -0.133. The summed E-state index contributed by atoms with van der Waals surface area (Å²) >= 11 is 0. The Kier molecular flexibility index (Phi) is 10.4. The van der Waals surface area contributed by atoms with Gasteiger partial charge < -0.3 is 15.5 Å². The van der Waals surface area contributed by atoms with Crippen LogP contribution in [0.1, 0.15) is 64.7 Å². The maximum absolute atomic E-state index is 12.4. The summed E-state index contributed by atoms with van der Waals surface area (Å²) in [5.41, 5.74) is 0. The third kappa shape index (κ3) is 7.53. The SMILES string of the molecule is CNCCC1CCN(C(=O)CC(C)NC(=O)C2CCCCC2)CC1.Cl. The van der Waals surface area contributed by atoms with Gasteiger partial charge in [-0.1, -0.05) is 19.3 Å². The average molecular weight is 374 g/mol. The van der Waals surface area contributed by atoms with Gasteiger partial charge in [0.25, 0.3) is 0 Å². The Hall–Kier alpha value is -0.810. The predicted octanol–water partition coefficient (Wildman–Crippen LogP) is 2.73. The number of nitrogens with zero attached hydrogens (tertiary/aromatic N) is 1. The van der Waals surface area contributed by atoms with Gasteiger partial charge in [-0.05, 0) is 58.5 Å². The van der Waals surface area contributed by atoms with Gasteiger partial charge in [-0.25, -0.2) is 0 Å². The minimum atomic E-state index is -0.0612. The van der Waals surface area contributed by atoms with Crippen LogP contribution in [0, 0.1) is 11.8 Å². The Morgan fingerprint density at radius 3 is 2.32 bits per heavy atom. The van der Waals surface area contributed by atoms with Crippen LogP contribution in [0.5, 0.6) is 0 Å². The third-order valence-corrected chi connectivity index (χ3v) is 5.62. The molecule has 2 rings (SSSR count). The summed E-state index contributed by atoms with van der Waals surface area (Å²) in [6, 6.07) is -0.0612. The highest BCUT2D eigenvalue weighted by Gasteiger charge is 2.26. The van der Waals surface area contributed by atoms with E-state index < -0.39 is 0 Å². The molecule has 0 radical (unpaired) electrons. The zero-order valence-corrected chi connectivity index (χ0v) is 16.7. The highest BCUT2D eigenvalue weighted by molar-refractivity contribution is 5.85. The number of piperidine rings is 1. The van der Waals surface area contributed by atoms with Gasteiger partial charge in [0, 0.05) is 31.5 Å². The van der Waals surface area contributed by atoms with Crippen LogP contribution < -0.4 is 10.6 Å². The molecule has 0 aromatic rings. The van der Waals surface area contributed by atoms with E-state index in [-0.39, 0.29) is 36.2 Å². The smallest absolute Gasteiger partial charge is 0.224 e. The van der Waals surface area contributed by atoms with Gasteiger partial charge in [-0.2, -0.15) is 0 Å². The maximum Gasteiger partial charge on any atom is 0.224 e. The van der Waals surface area contributed by atoms with Crippen LogP contribution in [0.2, 0.25) is 0 Å². The summed E-state index contributed by atoms with van der Waals surface area (Å²) in [6.45, 7) is 4.76. The van der Waals surface area contributed by atoms with Gasteiger partial charge in [0.2, 0.25) is 11.8 Å². The first kappa shape index (κ1) is 22.2. The summed E-state index contributed by atoms with van der Waals surface area (Å²) in [7, 11) is 1.99. The van der Waals surface area contributed by atoms with Crippen molar-refractivity contribution in [1.29, 1.82) is 0 Å². The van der Waals surface area contributed by atoms with E-state index in [9.17, 15) is 9.59 Å². The molecular formula is C19H36ClN3O2. The van der Waals surface area contributed by atoms with E-state index in [0.29, 0.717) is 6.42 Å². The van der Waals surface area contributed by atoms with Crippen LogP contribution in [0.15, 0.2) is 0 Å². The number of rotatable bonds is 7. The van der Waals surface area contributed by atoms with Crippen molar-refractivity contribution in [2.75, 3.05) is 26.7 Å². The highest BCUT2D eigenvalue weighted by atomic mass is 35.5. The molecule has 1 aliphatic carbocycles. The molecule has 1 saturated carbocycles. The molecule has 0 aromatic heterocycles. The van der Waals surface area contributed by atoms with Crippen molar-refractivity contribution in [2.45, 2.75) is 70.8 Å². The van der Waals surface area contributed by atoms with Crippen molar-refractivity contribution in [3.63, 3.8) is 0 Å². The Bertz CT molecular complexity index is 405. The van der Waals surface area contributed by atoms with Crippen LogP contribution in [0.25, 0.3) is 0 Å². The summed E-state index contributed by atoms with van der Waals surface area (Å²) < 4.78 is 0. The number of carbonyl (C=O) groups excluding carboxylic acids is 2. The monoisotopic (exact) mass is 373 g/mol. The van der Waals surface area contributed by atoms with E-state index in [2.05, 4.69) is 10.6 Å². The van der Waals surface area contributed by atoms with E-state index in [0.717, 1.165) is 64.1 Å². The average Bonchev–Trinajstić information content (AvgIpc) is 2.61. The van der Waals surface area contributed by atoms with Crippen molar-refractivity contribution >= 4 is 24.2 Å². The molecule has 146 valence electrons. The van der Waals surface area contributed by atoms with Gasteiger partial charge in [0.05, 0.1) is 0 Å². The molecule has 0 bridgehead atoms. The fourth-order valence-electron chi connectivity index (χ4n) is 3.99. The maximum atomic E-state index is 12.4. The standard InChI is InChI=1S/C19H35N3O2.ClH/c1-15(21-19(24)17-6-4-3-5-7-17)14-18(23)22-12-9-16(10-13-22)8-11-20-2;/h15-17,20H,3-14H2,1-2H3,(H,21,24);1H. The van der Waals surface area contributed by atoms with Crippen molar-refractivity contribution in [3.05, 3.63) is 0 Å². The quantitative estimate of drug-likeness (QED) is 0.721. The molecule has 0 aromatic carbocycles. The molecule has 25 heavy (non-hydrogen) atoms. The molecule has 2 amide bonds. The summed E-state index contributed by atoms with van der Waals surface area (Å²) in [5.74, 6) is 1.25. The van der Waals surface area contributed by atoms with Gasteiger partial charge in [-0.3, -0.25) is 9.59 Å². The molecule has 6 heteroatoms. The molecule has 1 heterocycles. The van der Waals surface area contributed by atoms with Crippen LogP contribution in [0.3, 0.4) is 0 Å². The lowest BCUT2D eigenvalue weighted by Gasteiger charge is -2.33. The third-order valence-electron chi connectivity index (χ3n) is 5.62. The number of amides is 2. The lowest BCUT2D eigenvalue weighted by atomic mass is 9.88. The summed E-state index contributed by atoms with van der Waals surface area (Å²) in [6.07, 6.45) is 9.43. The minimum absolute atomic E-state index is 0. The predicted molar refractivity (Wildman–Crippen MR) is 104 cm³/mol. The van der Waals surface area contributed by atoms with Crippen molar-refractivity contribution in [3.8, 4) is 0 Å². The highest BCUT2D eigenvalue weighted by Crippen LogP contribution is 2.24. The molecule has 5 nitrogen and oxygen atoms in total. The number of hydrogen-bond donors (Lipinski definition) is 2. The number of hydrogen-bond acceptors (Lipinski definition) is 3. The largest absolute Gasteiger partial charge is 0.353 e. The summed E-state index contributed by atoms with van der Waals surface area (Å²) in [5, 5.41) is 6.26. The summed E-state index contributed by atoms with van der Waals surface area (Å²) in [4.78, 5) is 26.7. The van der Waals surface area contributed by atoms with Crippen molar-refractivity contribution < 1.29 is 9.59 Å². The fraction of sp³-hybridized carbons (Fsp3) is 0.895. The first-order valence-electron chi connectivity index (χ1n) is 9.83. The normalized spacial score (nSPS) is 20.6. The van der Waals surface area contributed by atoms with E-state index in [4.69, 9.17) is 0 Å². The molecule has 2 fully saturated rings. The van der Waals surface area contributed by atoms with Crippen LogP contribution in [-0.4, -0.2) is 49.4 Å². The second kappa shape index (κ2) is 11.7. The molecule has 0 spiro atoms. The second-order valence-electron chi connectivity index (χ2n) is 7.67. The number of carbonyl (C=O) groups is 2. The van der Waals surface area contributed by atoms with E-state index in [1.807, 2.05) is 18.9 Å². The Morgan fingerprint density at radius 2 is 1.72 bits per heavy atom.